The number of benzene rings is 1. The number of nitriles is 2. The van der Waals surface area contributed by atoms with Gasteiger partial charge in [0.2, 0.25) is 0 Å². The fourth-order valence-corrected chi connectivity index (χ4v) is 0.955. The van der Waals surface area contributed by atoms with Crippen LogP contribution in [0, 0.1) is 28.5 Å². The zero-order chi connectivity index (χ0) is 9.84. The first-order valence-corrected chi connectivity index (χ1v) is 3.54. The normalized spacial score (nSPS) is 8.85. The Morgan fingerprint density at radius 2 is 2.08 bits per heavy atom. The van der Waals surface area contributed by atoms with Crippen molar-refractivity contribution in [1.29, 1.82) is 10.5 Å². The first-order chi connectivity index (χ1) is 6.19. The SMILES string of the molecule is N#CCc1cc(F)c(C#N)cc1N. The molecule has 3 nitrogen and oxygen atoms in total. The highest BCUT2D eigenvalue weighted by atomic mass is 19.1. The molecule has 0 aliphatic heterocycles. The Morgan fingerprint density at radius 3 is 2.62 bits per heavy atom. The molecule has 0 saturated heterocycles. The maximum Gasteiger partial charge on any atom is 0.141 e. The summed E-state index contributed by atoms with van der Waals surface area (Å²) in [7, 11) is 0. The lowest BCUT2D eigenvalue weighted by atomic mass is 10.1. The molecule has 1 aromatic carbocycles. The summed E-state index contributed by atoms with van der Waals surface area (Å²) in [6, 6.07) is 5.89. The monoisotopic (exact) mass is 175 g/mol. The molecule has 0 bridgehead atoms. The van der Waals surface area contributed by atoms with Gasteiger partial charge in [0.15, 0.2) is 0 Å². The fourth-order valence-electron chi connectivity index (χ4n) is 0.955. The maximum absolute atomic E-state index is 13.0. The molecule has 0 unspecified atom stereocenters. The largest absolute Gasteiger partial charge is 0.398 e. The molecule has 0 atom stereocenters. The predicted molar refractivity (Wildman–Crippen MR) is 44.8 cm³/mol. The van der Waals surface area contributed by atoms with Crippen LogP contribution in [0.5, 0.6) is 0 Å². The number of anilines is 1. The van der Waals surface area contributed by atoms with Crippen LogP contribution in [0.25, 0.3) is 0 Å². The number of hydrogen-bond donors (Lipinski definition) is 1. The topological polar surface area (TPSA) is 73.6 Å². The Morgan fingerprint density at radius 1 is 1.38 bits per heavy atom. The number of nitrogens with zero attached hydrogens (tertiary/aromatic N) is 2. The van der Waals surface area contributed by atoms with Crippen LogP contribution in [0.1, 0.15) is 11.1 Å². The van der Waals surface area contributed by atoms with Gasteiger partial charge in [0, 0.05) is 5.69 Å². The molecule has 1 aromatic rings. The van der Waals surface area contributed by atoms with Crippen LogP contribution in [-0.4, -0.2) is 0 Å². The highest BCUT2D eigenvalue weighted by molar-refractivity contribution is 5.53. The van der Waals surface area contributed by atoms with Crippen molar-refractivity contribution >= 4 is 5.69 Å². The number of nitrogens with two attached hydrogens (primary N) is 1. The van der Waals surface area contributed by atoms with Gasteiger partial charge >= 0.3 is 0 Å². The smallest absolute Gasteiger partial charge is 0.141 e. The summed E-state index contributed by atoms with van der Waals surface area (Å²) in [6.45, 7) is 0. The van der Waals surface area contributed by atoms with Crippen molar-refractivity contribution in [3.05, 3.63) is 29.1 Å². The molecule has 0 radical (unpaired) electrons. The van der Waals surface area contributed by atoms with Gasteiger partial charge in [-0.1, -0.05) is 0 Å². The Bertz CT molecular complexity index is 412. The van der Waals surface area contributed by atoms with Crippen LogP contribution < -0.4 is 5.73 Å². The van der Waals surface area contributed by atoms with Crippen molar-refractivity contribution in [3.63, 3.8) is 0 Å². The molecule has 1 rings (SSSR count). The average molecular weight is 175 g/mol. The quantitative estimate of drug-likeness (QED) is 0.654. The van der Waals surface area contributed by atoms with E-state index in [2.05, 4.69) is 0 Å². The third-order valence-corrected chi connectivity index (χ3v) is 1.62. The summed E-state index contributed by atoms with van der Waals surface area (Å²) in [4.78, 5) is 0. The second-order valence-electron chi connectivity index (χ2n) is 2.48. The molecule has 0 heterocycles. The van der Waals surface area contributed by atoms with Gasteiger partial charge in [-0.2, -0.15) is 10.5 Å². The van der Waals surface area contributed by atoms with E-state index in [-0.39, 0.29) is 17.7 Å². The van der Waals surface area contributed by atoms with Gasteiger partial charge in [0.1, 0.15) is 11.9 Å². The van der Waals surface area contributed by atoms with Crippen LogP contribution in [0.2, 0.25) is 0 Å². The molecule has 0 aromatic heterocycles. The molecule has 0 spiro atoms. The van der Waals surface area contributed by atoms with Gasteiger partial charge in [0.05, 0.1) is 18.1 Å². The van der Waals surface area contributed by atoms with E-state index in [0.29, 0.717) is 5.56 Å². The van der Waals surface area contributed by atoms with Crippen molar-refractivity contribution in [2.75, 3.05) is 5.73 Å². The summed E-state index contributed by atoms with van der Waals surface area (Å²) in [6.07, 6.45) is 0.0501. The molecular weight excluding hydrogens is 169 g/mol. The number of rotatable bonds is 1. The van der Waals surface area contributed by atoms with Crippen LogP contribution in [-0.2, 0) is 6.42 Å². The highest BCUT2D eigenvalue weighted by Gasteiger charge is 2.06. The van der Waals surface area contributed by atoms with Crippen LogP contribution in [0.3, 0.4) is 0 Å². The lowest BCUT2D eigenvalue weighted by molar-refractivity contribution is 0.622. The zero-order valence-corrected chi connectivity index (χ0v) is 6.71. The van der Waals surface area contributed by atoms with E-state index < -0.39 is 5.82 Å². The van der Waals surface area contributed by atoms with E-state index in [9.17, 15) is 4.39 Å². The maximum atomic E-state index is 13.0. The number of halogens is 1. The van der Waals surface area contributed by atoms with E-state index in [4.69, 9.17) is 16.3 Å². The lowest BCUT2D eigenvalue weighted by Crippen LogP contribution is -1.97. The summed E-state index contributed by atoms with van der Waals surface area (Å²) >= 11 is 0. The van der Waals surface area contributed by atoms with E-state index in [1.165, 1.54) is 6.07 Å². The minimum Gasteiger partial charge on any atom is -0.398 e. The third kappa shape index (κ3) is 1.74. The molecule has 0 saturated carbocycles. The van der Waals surface area contributed by atoms with E-state index in [1.54, 1.807) is 6.07 Å². The van der Waals surface area contributed by atoms with Gasteiger partial charge in [-0.25, -0.2) is 4.39 Å². The lowest BCUT2D eigenvalue weighted by Gasteiger charge is -2.02. The van der Waals surface area contributed by atoms with Crippen LogP contribution in [0.15, 0.2) is 12.1 Å². The molecule has 4 heteroatoms. The van der Waals surface area contributed by atoms with E-state index in [1.807, 2.05) is 6.07 Å². The number of hydrogen-bond acceptors (Lipinski definition) is 3. The van der Waals surface area contributed by atoms with E-state index in [0.717, 1.165) is 6.07 Å². The van der Waals surface area contributed by atoms with Crippen molar-refractivity contribution in [2.45, 2.75) is 6.42 Å². The molecule has 2 N–H and O–H groups in total. The fraction of sp³-hybridized carbons (Fsp3) is 0.111. The summed E-state index contributed by atoms with van der Waals surface area (Å²) in [5.41, 5.74) is 6.08. The average Bonchev–Trinajstić information content (AvgIpc) is 2.11. The Labute approximate surface area is 74.8 Å². The first-order valence-electron chi connectivity index (χ1n) is 3.54. The van der Waals surface area contributed by atoms with Crippen LogP contribution >= 0.6 is 0 Å². The van der Waals surface area contributed by atoms with Gasteiger partial charge in [-0.15, -0.1) is 0 Å². The second-order valence-corrected chi connectivity index (χ2v) is 2.48. The van der Waals surface area contributed by atoms with Gasteiger partial charge < -0.3 is 5.73 Å². The minimum absolute atomic E-state index is 0.0501. The Hall–Kier alpha value is -2.07. The molecule has 0 aliphatic carbocycles. The van der Waals surface area contributed by atoms with Crippen molar-refractivity contribution < 1.29 is 4.39 Å². The van der Waals surface area contributed by atoms with Gasteiger partial charge in [-0.3, -0.25) is 0 Å². The van der Waals surface area contributed by atoms with Crippen molar-refractivity contribution in [3.8, 4) is 12.1 Å². The zero-order valence-electron chi connectivity index (χ0n) is 6.71. The Balaban J connectivity index is 3.24. The van der Waals surface area contributed by atoms with Gasteiger partial charge in [-0.05, 0) is 17.7 Å². The predicted octanol–water partition coefficient (Wildman–Crippen LogP) is 1.35. The van der Waals surface area contributed by atoms with Crippen molar-refractivity contribution in [1.82, 2.24) is 0 Å². The molecule has 13 heavy (non-hydrogen) atoms. The summed E-state index contributed by atoms with van der Waals surface area (Å²) in [5, 5.41) is 16.8. The minimum atomic E-state index is -0.637. The molecule has 0 aliphatic rings. The van der Waals surface area contributed by atoms with Crippen molar-refractivity contribution in [2.24, 2.45) is 0 Å². The molecular formula is C9H6FN3. The molecule has 64 valence electrons. The standard InChI is InChI=1S/C9H6FN3/c10-8-3-6(1-2-11)9(13)4-7(8)5-12/h3-4H,1,13H2. The highest BCUT2D eigenvalue weighted by Crippen LogP contribution is 2.17. The second kappa shape index (κ2) is 3.55. The van der Waals surface area contributed by atoms with Gasteiger partial charge in [0.25, 0.3) is 0 Å². The summed E-state index contributed by atoms with van der Waals surface area (Å²) < 4.78 is 13.0. The molecule has 0 amide bonds. The molecule has 0 fully saturated rings. The Kier molecular flexibility index (Phi) is 2.47. The third-order valence-electron chi connectivity index (χ3n) is 1.62. The number of nitrogen functional groups attached to an aromatic ring is 1. The first kappa shape index (κ1) is 9.02. The van der Waals surface area contributed by atoms with E-state index >= 15 is 0 Å². The van der Waals surface area contributed by atoms with Crippen LogP contribution in [0.4, 0.5) is 10.1 Å². The summed E-state index contributed by atoms with van der Waals surface area (Å²) in [5.74, 6) is -0.637.